The Labute approximate surface area is 250 Å². The second-order valence-corrected chi connectivity index (χ2v) is 11.1. The number of hydrazine groups is 1. The molecule has 3 atom stereocenters. The molecule has 1 saturated heterocycles. The highest BCUT2D eigenvalue weighted by atomic mass is 16.8. The SMILES string of the molecule is CC(C)CCC(=O)N([C@@H](CC=Cc1ccccc1)C(=O)NOC1CCCCO1)N(CCc1ccccc1)C(=O)[C@@H](C)N. The van der Waals surface area contributed by atoms with Gasteiger partial charge in [0.05, 0.1) is 6.04 Å². The molecule has 0 aliphatic carbocycles. The van der Waals surface area contributed by atoms with Crippen molar-refractivity contribution in [3.8, 4) is 0 Å². The third kappa shape index (κ3) is 10.7. The number of carbonyl (C=O) groups is 3. The lowest BCUT2D eigenvalue weighted by Gasteiger charge is -2.40. The van der Waals surface area contributed by atoms with Gasteiger partial charge in [-0.3, -0.25) is 14.4 Å². The molecule has 0 bridgehead atoms. The highest BCUT2D eigenvalue weighted by Gasteiger charge is 2.37. The summed E-state index contributed by atoms with van der Waals surface area (Å²) in [6, 6.07) is 17.4. The molecule has 2 aromatic rings. The van der Waals surface area contributed by atoms with E-state index in [1.165, 1.54) is 10.0 Å². The van der Waals surface area contributed by atoms with E-state index in [9.17, 15) is 14.4 Å². The van der Waals surface area contributed by atoms with Crippen LogP contribution in [0.3, 0.4) is 0 Å². The number of nitrogens with zero attached hydrogens (tertiary/aromatic N) is 2. The van der Waals surface area contributed by atoms with E-state index >= 15 is 0 Å². The number of amides is 3. The Kier molecular flexibility index (Phi) is 13.7. The summed E-state index contributed by atoms with van der Waals surface area (Å²) in [7, 11) is 0. The summed E-state index contributed by atoms with van der Waals surface area (Å²) >= 11 is 0. The number of benzene rings is 2. The molecule has 1 unspecified atom stereocenters. The second kappa shape index (κ2) is 17.4. The maximum atomic E-state index is 13.9. The van der Waals surface area contributed by atoms with Crippen LogP contribution in [0, 0.1) is 5.92 Å². The Morgan fingerprint density at radius 2 is 1.74 bits per heavy atom. The number of hydroxylamine groups is 1. The average Bonchev–Trinajstić information content (AvgIpc) is 3.00. The van der Waals surface area contributed by atoms with Crippen LogP contribution in [0.2, 0.25) is 0 Å². The molecule has 1 aliphatic heterocycles. The molecule has 1 heterocycles. The number of nitrogens with one attached hydrogen (secondary N) is 1. The number of rotatable bonds is 14. The highest BCUT2D eigenvalue weighted by Crippen LogP contribution is 2.19. The van der Waals surface area contributed by atoms with Gasteiger partial charge in [0, 0.05) is 26.0 Å². The van der Waals surface area contributed by atoms with Gasteiger partial charge in [-0.05, 0) is 56.1 Å². The molecule has 3 rings (SSSR count). The van der Waals surface area contributed by atoms with Crippen molar-refractivity contribution in [2.24, 2.45) is 11.7 Å². The molecule has 0 aromatic heterocycles. The van der Waals surface area contributed by atoms with Crippen molar-refractivity contribution >= 4 is 23.8 Å². The molecule has 1 aliphatic rings. The van der Waals surface area contributed by atoms with E-state index in [4.69, 9.17) is 15.3 Å². The van der Waals surface area contributed by atoms with Crippen LogP contribution in [-0.4, -0.2) is 59.3 Å². The molecule has 2 aromatic carbocycles. The molecule has 3 amide bonds. The van der Waals surface area contributed by atoms with Gasteiger partial charge in [0.1, 0.15) is 6.04 Å². The van der Waals surface area contributed by atoms with Crippen LogP contribution in [0.5, 0.6) is 0 Å². The molecule has 9 heteroatoms. The zero-order chi connectivity index (χ0) is 30.3. The molecule has 9 nitrogen and oxygen atoms in total. The summed E-state index contributed by atoms with van der Waals surface area (Å²) in [6.07, 6.45) is 7.10. The lowest BCUT2D eigenvalue weighted by Crippen LogP contribution is -2.61. The van der Waals surface area contributed by atoms with Gasteiger partial charge < -0.3 is 10.5 Å². The van der Waals surface area contributed by atoms with E-state index in [-0.39, 0.29) is 31.2 Å². The van der Waals surface area contributed by atoms with E-state index in [2.05, 4.69) is 5.48 Å². The van der Waals surface area contributed by atoms with Crippen LogP contribution in [0.1, 0.15) is 70.4 Å². The molecule has 0 radical (unpaired) electrons. The molecular formula is C33H46N4O5. The summed E-state index contributed by atoms with van der Waals surface area (Å²) in [5.41, 5.74) is 10.6. The van der Waals surface area contributed by atoms with Gasteiger partial charge >= 0.3 is 0 Å². The van der Waals surface area contributed by atoms with E-state index in [0.717, 1.165) is 24.0 Å². The molecule has 3 N–H and O–H groups in total. The minimum absolute atomic E-state index is 0.150. The second-order valence-electron chi connectivity index (χ2n) is 11.1. The van der Waals surface area contributed by atoms with E-state index in [0.29, 0.717) is 25.9 Å². The molecule has 228 valence electrons. The quantitative estimate of drug-likeness (QED) is 0.316. The zero-order valence-corrected chi connectivity index (χ0v) is 25.1. The van der Waals surface area contributed by atoms with Gasteiger partial charge in [0.2, 0.25) is 5.91 Å². The summed E-state index contributed by atoms with van der Waals surface area (Å²) in [5, 5.41) is 2.67. The standard InChI is InChI=1S/C33H46N4O5/c1-25(2)20-21-30(38)37(36(33(40)26(3)34)23-22-28-15-8-5-9-16-28)29(18-12-17-27-13-6-4-7-14-27)32(39)35-42-31-19-10-11-24-41-31/h4-9,12-17,25-26,29,31H,10-11,18-24,34H2,1-3H3,(H,35,39)/t26-,29+,31?/m1/s1. The van der Waals surface area contributed by atoms with Crippen molar-refractivity contribution in [1.82, 2.24) is 15.5 Å². The van der Waals surface area contributed by atoms with E-state index in [1.54, 1.807) is 6.92 Å². The van der Waals surface area contributed by atoms with Gasteiger partial charge in [-0.25, -0.2) is 20.3 Å². The third-order valence-corrected chi connectivity index (χ3v) is 7.05. The molecule has 0 spiro atoms. The van der Waals surface area contributed by atoms with Crippen LogP contribution in [0.15, 0.2) is 66.7 Å². The fraction of sp³-hybridized carbons (Fsp3) is 0.485. The van der Waals surface area contributed by atoms with Crippen molar-refractivity contribution in [3.63, 3.8) is 0 Å². The van der Waals surface area contributed by atoms with Crippen molar-refractivity contribution < 1.29 is 24.0 Å². The van der Waals surface area contributed by atoms with Crippen LogP contribution in [0.25, 0.3) is 6.08 Å². The Morgan fingerprint density at radius 3 is 2.36 bits per heavy atom. The fourth-order valence-electron chi connectivity index (χ4n) is 4.65. The lowest BCUT2D eigenvalue weighted by atomic mass is 10.1. The topological polar surface area (TPSA) is 114 Å². The van der Waals surface area contributed by atoms with Gasteiger partial charge in [0.25, 0.3) is 11.8 Å². The zero-order valence-electron chi connectivity index (χ0n) is 25.1. The first kappa shape index (κ1) is 33.0. The fourth-order valence-corrected chi connectivity index (χ4v) is 4.65. The Bertz CT molecular complexity index is 1130. The first-order chi connectivity index (χ1) is 20.3. The van der Waals surface area contributed by atoms with Gasteiger partial charge in [-0.15, -0.1) is 0 Å². The summed E-state index contributed by atoms with van der Waals surface area (Å²) in [5.74, 6) is -1.05. The largest absolute Gasteiger partial charge is 0.350 e. The molecule has 1 fully saturated rings. The Hall–Kier alpha value is -3.53. The maximum Gasteiger partial charge on any atom is 0.268 e. The summed E-state index contributed by atoms with van der Waals surface area (Å²) in [4.78, 5) is 46.9. The Morgan fingerprint density at radius 1 is 1.05 bits per heavy atom. The first-order valence-corrected chi connectivity index (χ1v) is 15.0. The predicted molar refractivity (Wildman–Crippen MR) is 163 cm³/mol. The molecule has 42 heavy (non-hydrogen) atoms. The minimum Gasteiger partial charge on any atom is -0.350 e. The number of ether oxygens (including phenoxy) is 1. The van der Waals surface area contributed by atoms with Crippen LogP contribution >= 0.6 is 0 Å². The Balaban J connectivity index is 1.96. The number of hydrogen-bond acceptors (Lipinski definition) is 6. The molecular weight excluding hydrogens is 532 g/mol. The number of nitrogens with two attached hydrogens (primary N) is 1. The van der Waals surface area contributed by atoms with Crippen molar-refractivity contribution in [3.05, 3.63) is 77.9 Å². The smallest absolute Gasteiger partial charge is 0.268 e. The predicted octanol–water partition coefficient (Wildman–Crippen LogP) is 4.63. The number of carbonyl (C=O) groups excluding carboxylic acids is 3. The van der Waals surface area contributed by atoms with Crippen LogP contribution < -0.4 is 11.2 Å². The third-order valence-electron chi connectivity index (χ3n) is 7.05. The van der Waals surface area contributed by atoms with Crippen molar-refractivity contribution in [2.45, 2.75) is 84.1 Å². The van der Waals surface area contributed by atoms with Crippen LogP contribution in [0.4, 0.5) is 0 Å². The van der Waals surface area contributed by atoms with Gasteiger partial charge in [-0.1, -0.05) is 86.7 Å². The lowest BCUT2D eigenvalue weighted by molar-refractivity contribution is -0.206. The average molecular weight is 579 g/mol. The van der Waals surface area contributed by atoms with E-state index in [1.807, 2.05) is 86.7 Å². The van der Waals surface area contributed by atoms with Crippen molar-refractivity contribution in [2.75, 3.05) is 13.2 Å². The molecule has 0 saturated carbocycles. The summed E-state index contributed by atoms with van der Waals surface area (Å²) < 4.78 is 5.61. The van der Waals surface area contributed by atoms with Gasteiger partial charge in [0.15, 0.2) is 6.29 Å². The normalized spacial score (nSPS) is 16.6. The minimum atomic E-state index is -1.06. The van der Waals surface area contributed by atoms with Crippen LogP contribution in [-0.2, 0) is 30.4 Å². The van der Waals surface area contributed by atoms with Crippen molar-refractivity contribution in [1.29, 1.82) is 0 Å². The van der Waals surface area contributed by atoms with Gasteiger partial charge in [-0.2, -0.15) is 0 Å². The highest BCUT2D eigenvalue weighted by molar-refractivity contribution is 5.90. The monoisotopic (exact) mass is 578 g/mol. The number of hydrogen-bond donors (Lipinski definition) is 2. The first-order valence-electron chi connectivity index (χ1n) is 15.0. The van der Waals surface area contributed by atoms with E-state index < -0.39 is 30.2 Å². The maximum absolute atomic E-state index is 13.9. The summed E-state index contributed by atoms with van der Waals surface area (Å²) in [6.45, 7) is 6.38.